The Labute approximate surface area is 194 Å². The Kier molecular flexibility index (Phi) is 7.37. The fourth-order valence-electron chi connectivity index (χ4n) is 4.29. The van der Waals surface area contributed by atoms with Crippen molar-refractivity contribution in [2.24, 2.45) is 0 Å². The maximum Gasteiger partial charge on any atom is 0.330 e. The molecule has 0 saturated carbocycles. The van der Waals surface area contributed by atoms with Crippen LogP contribution < -0.4 is 11.2 Å². The lowest BCUT2D eigenvalue weighted by atomic mass is 10.1. The standard InChI is InChI=1S/C23H27N3O8/c27-13-16-18(29)19(22(34-16)26-11-9-17(28)24-23(26)32)33-12-6-2-1-5-10-25-20(30)14-7-3-4-8-15(14)21(25)31/h3-4,7-9,11,16,18-19,22,27,29H,1-2,5-6,10,12-13H2,(H,24,28,32). The zero-order chi connectivity index (χ0) is 24.2. The summed E-state index contributed by atoms with van der Waals surface area (Å²) >= 11 is 0. The van der Waals surface area contributed by atoms with E-state index in [-0.39, 0.29) is 18.4 Å². The highest BCUT2D eigenvalue weighted by Crippen LogP contribution is 2.31. The predicted molar refractivity (Wildman–Crippen MR) is 118 cm³/mol. The molecule has 182 valence electrons. The molecule has 2 aliphatic heterocycles. The van der Waals surface area contributed by atoms with Crippen molar-refractivity contribution >= 4 is 11.8 Å². The van der Waals surface area contributed by atoms with Gasteiger partial charge >= 0.3 is 5.69 Å². The average Bonchev–Trinajstić information content (AvgIpc) is 3.27. The maximum atomic E-state index is 12.4. The summed E-state index contributed by atoms with van der Waals surface area (Å²) in [4.78, 5) is 51.6. The molecule has 4 atom stereocenters. The molecule has 1 aromatic carbocycles. The second-order valence-corrected chi connectivity index (χ2v) is 8.31. The van der Waals surface area contributed by atoms with Crippen molar-refractivity contribution in [3.63, 3.8) is 0 Å². The number of ether oxygens (including phenoxy) is 2. The van der Waals surface area contributed by atoms with Crippen LogP contribution in [0.15, 0.2) is 46.1 Å². The first-order valence-electron chi connectivity index (χ1n) is 11.2. The summed E-state index contributed by atoms with van der Waals surface area (Å²) in [6.07, 6.45) is 0.113. The zero-order valence-electron chi connectivity index (χ0n) is 18.5. The molecular formula is C23H27N3O8. The van der Waals surface area contributed by atoms with E-state index in [1.807, 2.05) is 0 Å². The molecule has 0 aliphatic carbocycles. The van der Waals surface area contributed by atoms with Gasteiger partial charge < -0.3 is 19.7 Å². The third-order valence-corrected chi connectivity index (χ3v) is 6.08. The number of aliphatic hydroxyl groups excluding tert-OH is 2. The molecule has 0 radical (unpaired) electrons. The zero-order valence-corrected chi connectivity index (χ0v) is 18.5. The summed E-state index contributed by atoms with van der Waals surface area (Å²) in [7, 11) is 0. The van der Waals surface area contributed by atoms with Crippen LogP contribution in [0.2, 0.25) is 0 Å². The van der Waals surface area contributed by atoms with Crippen LogP contribution in [0.25, 0.3) is 0 Å². The lowest BCUT2D eigenvalue weighted by Crippen LogP contribution is -2.39. The second-order valence-electron chi connectivity index (χ2n) is 8.31. The molecule has 1 aromatic heterocycles. The van der Waals surface area contributed by atoms with Crippen molar-refractivity contribution in [2.45, 2.75) is 50.2 Å². The van der Waals surface area contributed by atoms with Gasteiger partial charge in [0.2, 0.25) is 0 Å². The van der Waals surface area contributed by atoms with Crippen molar-refractivity contribution in [1.82, 2.24) is 14.5 Å². The van der Waals surface area contributed by atoms with E-state index in [1.54, 1.807) is 24.3 Å². The van der Waals surface area contributed by atoms with E-state index >= 15 is 0 Å². The SMILES string of the molecule is O=C1c2ccccc2C(=O)N1CCCCCCOC1C(O)C(CO)OC1n1ccc(=O)[nH]c1=O. The molecule has 3 N–H and O–H groups in total. The van der Waals surface area contributed by atoms with E-state index in [2.05, 4.69) is 4.98 Å². The van der Waals surface area contributed by atoms with Gasteiger partial charge in [-0.2, -0.15) is 0 Å². The number of unbranched alkanes of at least 4 members (excludes halogenated alkanes) is 3. The fourth-order valence-corrected chi connectivity index (χ4v) is 4.29. The molecule has 2 aromatic rings. The number of carbonyl (C=O) groups is 2. The van der Waals surface area contributed by atoms with E-state index in [0.29, 0.717) is 30.5 Å². The number of benzene rings is 1. The number of nitrogens with one attached hydrogen (secondary N) is 1. The van der Waals surface area contributed by atoms with Crippen LogP contribution in [0.4, 0.5) is 0 Å². The summed E-state index contributed by atoms with van der Waals surface area (Å²) in [5.74, 6) is -0.526. The number of rotatable bonds is 10. The highest BCUT2D eigenvalue weighted by molar-refractivity contribution is 6.21. The monoisotopic (exact) mass is 473 g/mol. The molecule has 3 heterocycles. The van der Waals surface area contributed by atoms with Crippen LogP contribution in [-0.2, 0) is 9.47 Å². The lowest BCUT2D eigenvalue weighted by molar-refractivity contribution is -0.0749. The lowest BCUT2D eigenvalue weighted by Gasteiger charge is -2.22. The average molecular weight is 473 g/mol. The highest BCUT2D eigenvalue weighted by Gasteiger charge is 2.45. The number of amides is 2. The number of aromatic amines is 1. The van der Waals surface area contributed by atoms with Crippen LogP contribution in [0.1, 0.15) is 52.6 Å². The van der Waals surface area contributed by atoms with Gasteiger partial charge in [-0.3, -0.25) is 28.8 Å². The predicted octanol–water partition coefficient (Wildman–Crippen LogP) is 0.0290. The maximum absolute atomic E-state index is 12.4. The summed E-state index contributed by atoms with van der Waals surface area (Å²) in [5, 5.41) is 19.9. The topological polar surface area (TPSA) is 151 Å². The van der Waals surface area contributed by atoms with Crippen LogP contribution >= 0.6 is 0 Å². The number of H-pyrrole nitrogens is 1. The van der Waals surface area contributed by atoms with Crippen molar-refractivity contribution in [2.75, 3.05) is 19.8 Å². The van der Waals surface area contributed by atoms with Gasteiger partial charge in [0.25, 0.3) is 17.4 Å². The number of aromatic nitrogens is 2. The summed E-state index contributed by atoms with van der Waals surface area (Å²) in [5.41, 5.74) is -0.381. The quantitative estimate of drug-likeness (QED) is 0.323. The van der Waals surface area contributed by atoms with E-state index < -0.39 is 42.4 Å². The van der Waals surface area contributed by atoms with Gasteiger partial charge in [-0.05, 0) is 25.0 Å². The third-order valence-electron chi connectivity index (χ3n) is 6.08. The Balaban J connectivity index is 1.23. The van der Waals surface area contributed by atoms with Gasteiger partial charge in [0.05, 0.1) is 17.7 Å². The fraction of sp³-hybridized carbons (Fsp3) is 0.478. The number of aliphatic hydroxyl groups is 2. The van der Waals surface area contributed by atoms with Gasteiger partial charge in [-0.15, -0.1) is 0 Å². The molecule has 0 bridgehead atoms. The molecule has 4 rings (SSSR count). The largest absolute Gasteiger partial charge is 0.394 e. The third kappa shape index (κ3) is 4.73. The smallest absolute Gasteiger partial charge is 0.330 e. The van der Waals surface area contributed by atoms with Crippen molar-refractivity contribution < 1.29 is 29.3 Å². The highest BCUT2D eigenvalue weighted by atomic mass is 16.6. The first-order chi connectivity index (χ1) is 16.4. The first-order valence-corrected chi connectivity index (χ1v) is 11.2. The molecule has 0 spiro atoms. The first kappa shape index (κ1) is 24.0. The Morgan fingerprint density at radius 2 is 1.65 bits per heavy atom. The molecule has 11 nitrogen and oxygen atoms in total. The molecule has 2 amide bonds. The minimum Gasteiger partial charge on any atom is -0.394 e. The Morgan fingerprint density at radius 1 is 0.971 bits per heavy atom. The Morgan fingerprint density at radius 3 is 2.29 bits per heavy atom. The van der Waals surface area contributed by atoms with Gasteiger partial charge in [0.15, 0.2) is 6.23 Å². The summed E-state index contributed by atoms with van der Waals surface area (Å²) in [6, 6.07) is 7.95. The van der Waals surface area contributed by atoms with Gasteiger partial charge in [0.1, 0.15) is 18.3 Å². The van der Waals surface area contributed by atoms with E-state index in [9.17, 15) is 29.4 Å². The summed E-state index contributed by atoms with van der Waals surface area (Å²) in [6.45, 7) is 0.163. The molecule has 1 fully saturated rings. The number of hydrogen-bond donors (Lipinski definition) is 3. The van der Waals surface area contributed by atoms with Crippen LogP contribution in [0.3, 0.4) is 0 Å². The molecule has 34 heavy (non-hydrogen) atoms. The number of hydrogen-bond acceptors (Lipinski definition) is 8. The van der Waals surface area contributed by atoms with E-state index in [1.165, 1.54) is 11.1 Å². The van der Waals surface area contributed by atoms with Crippen LogP contribution in [0, 0.1) is 0 Å². The van der Waals surface area contributed by atoms with Crippen molar-refractivity contribution in [1.29, 1.82) is 0 Å². The van der Waals surface area contributed by atoms with Crippen LogP contribution in [-0.4, -0.2) is 74.5 Å². The number of imide groups is 1. The number of fused-ring (bicyclic) bond motifs is 1. The molecular weight excluding hydrogens is 446 g/mol. The molecule has 4 unspecified atom stereocenters. The normalized spacial score (nSPS) is 24.1. The number of carbonyl (C=O) groups excluding carboxylic acids is 2. The van der Waals surface area contributed by atoms with Gasteiger partial charge in [0, 0.05) is 25.4 Å². The second kappa shape index (κ2) is 10.4. The minimum atomic E-state index is -1.15. The van der Waals surface area contributed by atoms with E-state index in [0.717, 1.165) is 23.5 Å². The van der Waals surface area contributed by atoms with Crippen LogP contribution in [0.5, 0.6) is 0 Å². The Bertz CT molecular complexity index is 1120. The Hall–Kier alpha value is -3.12. The summed E-state index contributed by atoms with van der Waals surface area (Å²) < 4.78 is 12.5. The van der Waals surface area contributed by atoms with Gasteiger partial charge in [-0.25, -0.2) is 4.79 Å². The van der Waals surface area contributed by atoms with E-state index in [4.69, 9.17) is 9.47 Å². The van der Waals surface area contributed by atoms with Crippen molar-refractivity contribution in [3.05, 3.63) is 68.5 Å². The minimum absolute atomic E-state index is 0.263. The van der Waals surface area contributed by atoms with Crippen molar-refractivity contribution in [3.8, 4) is 0 Å². The number of nitrogens with zero attached hydrogens (tertiary/aromatic N) is 2. The molecule has 1 saturated heterocycles. The molecule has 2 aliphatic rings. The van der Waals surface area contributed by atoms with Gasteiger partial charge in [-0.1, -0.05) is 25.0 Å². The molecule has 11 heteroatoms.